The predicted octanol–water partition coefficient (Wildman–Crippen LogP) is 3.66. The molecular weight excluding hydrogens is 244 g/mol. The summed E-state index contributed by atoms with van der Waals surface area (Å²) in [6, 6.07) is 2.41. The Balaban J connectivity index is 1.73. The van der Waals surface area contributed by atoms with Crippen LogP contribution in [-0.4, -0.2) is 36.1 Å². The first-order chi connectivity index (χ1) is 9.66. The molecule has 3 fully saturated rings. The first-order valence-corrected chi connectivity index (χ1v) is 9.16. The smallest absolute Gasteiger partial charge is 0.0247 e. The molecule has 0 aromatic heterocycles. The lowest BCUT2D eigenvalue weighted by molar-refractivity contribution is 0.0255. The van der Waals surface area contributed by atoms with Gasteiger partial charge >= 0.3 is 0 Å². The molecule has 0 amide bonds. The zero-order chi connectivity index (χ0) is 14.1. The molecule has 0 spiro atoms. The maximum absolute atomic E-state index is 3.87. The van der Waals surface area contributed by atoms with Crippen molar-refractivity contribution in [1.82, 2.24) is 10.2 Å². The summed E-state index contributed by atoms with van der Waals surface area (Å²) in [4.78, 5) is 2.94. The van der Waals surface area contributed by atoms with Crippen molar-refractivity contribution in [2.75, 3.05) is 13.1 Å². The minimum absolute atomic E-state index is 0.760. The van der Waals surface area contributed by atoms with Crippen LogP contribution in [0.25, 0.3) is 0 Å². The van der Waals surface area contributed by atoms with Crippen LogP contribution in [0, 0.1) is 17.8 Å². The fourth-order valence-electron chi connectivity index (χ4n) is 4.60. The minimum Gasteiger partial charge on any atom is -0.311 e. The number of rotatable bonds is 3. The number of nitrogens with one attached hydrogen (secondary N) is 1. The van der Waals surface area contributed by atoms with Crippen LogP contribution in [0.5, 0.6) is 0 Å². The van der Waals surface area contributed by atoms with Crippen molar-refractivity contribution in [2.24, 2.45) is 17.8 Å². The Labute approximate surface area is 125 Å². The molecule has 1 saturated heterocycles. The van der Waals surface area contributed by atoms with Crippen molar-refractivity contribution in [2.45, 2.75) is 83.8 Å². The van der Waals surface area contributed by atoms with Crippen LogP contribution in [0.15, 0.2) is 0 Å². The zero-order valence-electron chi connectivity index (χ0n) is 13.8. The molecule has 0 radical (unpaired) electrons. The lowest BCUT2D eigenvalue weighted by Crippen LogP contribution is -2.62. The van der Waals surface area contributed by atoms with Crippen molar-refractivity contribution in [3.63, 3.8) is 0 Å². The van der Waals surface area contributed by atoms with Gasteiger partial charge in [-0.2, -0.15) is 0 Å². The summed E-state index contributed by atoms with van der Waals surface area (Å²) in [5.41, 5.74) is 0. The minimum atomic E-state index is 0.760. The number of piperazine rings is 1. The molecule has 4 atom stereocenters. The van der Waals surface area contributed by atoms with Gasteiger partial charge in [0.05, 0.1) is 0 Å². The SMILES string of the molecule is CC(C)C1CNC(C2CC2)CN1C1CCCCCC1C. The van der Waals surface area contributed by atoms with Crippen LogP contribution in [-0.2, 0) is 0 Å². The van der Waals surface area contributed by atoms with Crippen LogP contribution in [0.4, 0.5) is 0 Å². The second-order valence-electron chi connectivity index (χ2n) is 8.04. The van der Waals surface area contributed by atoms with Crippen LogP contribution in [0.1, 0.15) is 65.7 Å². The van der Waals surface area contributed by atoms with E-state index in [0.29, 0.717) is 0 Å². The van der Waals surface area contributed by atoms with E-state index in [1.54, 1.807) is 0 Å². The van der Waals surface area contributed by atoms with E-state index in [2.05, 4.69) is 31.0 Å². The third-order valence-corrected chi connectivity index (χ3v) is 6.13. The molecule has 2 saturated carbocycles. The Morgan fingerprint density at radius 1 is 1.00 bits per heavy atom. The maximum atomic E-state index is 3.87. The maximum Gasteiger partial charge on any atom is 0.0247 e. The summed E-state index contributed by atoms with van der Waals surface area (Å²) in [7, 11) is 0. The molecular formula is C18H34N2. The highest BCUT2D eigenvalue weighted by Crippen LogP contribution is 2.37. The fourth-order valence-corrected chi connectivity index (χ4v) is 4.60. The molecule has 116 valence electrons. The topological polar surface area (TPSA) is 15.3 Å². The van der Waals surface area contributed by atoms with Gasteiger partial charge in [0.15, 0.2) is 0 Å². The number of hydrogen-bond acceptors (Lipinski definition) is 2. The normalized spacial score (nSPS) is 40.8. The standard InChI is InChI=1S/C18H34N2/c1-13(2)18-11-19-16(15-9-10-15)12-20(18)17-8-6-4-5-7-14(17)3/h13-19H,4-12H2,1-3H3. The Kier molecular flexibility index (Phi) is 4.72. The summed E-state index contributed by atoms with van der Waals surface area (Å²) in [6.07, 6.45) is 10.2. The van der Waals surface area contributed by atoms with Gasteiger partial charge < -0.3 is 5.32 Å². The molecule has 1 N–H and O–H groups in total. The molecule has 3 aliphatic rings. The van der Waals surface area contributed by atoms with Crippen molar-refractivity contribution in [3.8, 4) is 0 Å². The van der Waals surface area contributed by atoms with Gasteiger partial charge in [-0.15, -0.1) is 0 Å². The highest BCUT2D eigenvalue weighted by molar-refractivity contribution is 4.98. The molecule has 2 heteroatoms. The second kappa shape index (κ2) is 6.36. The summed E-state index contributed by atoms with van der Waals surface area (Å²) in [5, 5.41) is 3.87. The summed E-state index contributed by atoms with van der Waals surface area (Å²) in [6.45, 7) is 9.89. The van der Waals surface area contributed by atoms with Crippen LogP contribution in [0.2, 0.25) is 0 Å². The molecule has 20 heavy (non-hydrogen) atoms. The summed E-state index contributed by atoms with van der Waals surface area (Å²) >= 11 is 0. The Morgan fingerprint density at radius 2 is 1.75 bits per heavy atom. The average Bonchev–Trinajstić information content (AvgIpc) is 3.25. The van der Waals surface area contributed by atoms with E-state index in [4.69, 9.17) is 0 Å². The van der Waals surface area contributed by atoms with E-state index in [0.717, 1.165) is 35.9 Å². The second-order valence-corrected chi connectivity index (χ2v) is 8.04. The van der Waals surface area contributed by atoms with Gasteiger partial charge in [-0.3, -0.25) is 4.90 Å². The van der Waals surface area contributed by atoms with Crippen molar-refractivity contribution >= 4 is 0 Å². The predicted molar refractivity (Wildman–Crippen MR) is 85.9 cm³/mol. The van der Waals surface area contributed by atoms with Gasteiger partial charge in [0.1, 0.15) is 0 Å². The van der Waals surface area contributed by atoms with Crippen LogP contribution in [0.3, 0.4) is 0 Å². The molecule has 2 nitrogen and oxygen atoms in total. The van der Waals surface area contributed by atoms with Gasteiger partial charge in [-0.25, -0.2) is 0 Å². The summed E-state index contributed by atoms with van der Waals surface area (Å²) < 4.78 is 0. The molecule has 1 heterocycles. The van der Waals surface area contributed by atoms with Gasteiger partial charge in [0.2, 0.25) is 0 Å². The van der Waals surface area contributed by atoms with Crippen molar-refractivity contribution < 1.29 is 0 Å². The summed E-state index contributed by atoms with van der Waals surface area (Å²) in [5.74, 6) is 2.67. The van der Waals surface area contributed by atoms with Gasteiger partial charge in [-0.1, -0.05) is 40.0 Å². The first kappa shape index (κ1) is 14.8. The molecule has 0 bridgehead atoms. The van der Waals surface area contributed by atoms with E-state index < -0.39 is 0 Å². The number of hydrogen-bond donors (Lipinski definition) is 1. The largest absolute Gasteiger partial charge is 0.311 e. The quantitative estimate of drug-likeness (QED) is 0.793. The third kappa shape index (κ3) is 3.22. The van der Waals surface area contributed by atoms with Gasteiger partial charge in [0.25, 0.3) is 0 Å². The average molecular weight is 278 g/mol. The zero-order valence-corrected chi connectivity index (χ0v) is 13.8. The molecule has 4 unspecified atom stereocenters. The van der Waals surface area contributed by atoms with E-state index in [-0.39, 0.29) is 0 Å². The molecule has 0 aromatic rings. The Bertz CT molecular complexity index is 311. The monoisotopic (exact) mass is 278 g/mol. The fraction of sp³-hybridized carbons (Fsp3) is 1.00. The van der Waals surface area contributed by atoms with E-state index in [9.17, 15) is 0 Å². The van der Waals surface area contributed by atoms with Gasteiger partial charge in [-0.05, 0) is 43.4 Å². The van der Waals surface area contributed by atoms with Crippen molar-refractivity contribution in [3.05, 3.63) is 0 Å². The lowest BCUT2D eigenvalue weighted by atomic mass is 9.88. The molecule has 1 aliphatic heterocycles. The molecule has 2 aliphatic carbocycles. The van der Waals surface area contributed by atoms with Crippen LogP contribution >= 0.6 is 0 Å². The third-order valence-electron chi connectivity index (χ3n) is 6.13. The van der Waals surface area contributed by atoms with Crippen molar-refractivity contribution in [1.29, 1.82) is 0 Å². The Morgan fingerprint density at radius 3 is 2.45 bits per heavy atom. The highest BCUT2D eigenvalue weighted by Gasteiger charge is 2.41. The van der Waals surface area contributed by atoms with Crippen LogP contribution < -0.4 is 5.32 Å². The first-order valence-electron chi connectivity index (χ1n) is 9.16. The van der Waals surface area contributed by atoms with E-state index >= 15 is 0 Å². The highest BCUT2D eigenvalue weighted by atomic mass is 15.3. The van der Waals surface area contributed by atoms with E-state index in [1.807, 2.05) is 0 Å². The Hall–Kier alpha value is -0.0800. The lowest BCUT2D eigenvalue weighted by Gasteiger charge is -2.48. The van der Waals surface area contributed by atoms with E-state index in [1.165, 1.54) is 58.0 Å². The molecule has 0 aromatic carbocycles. The van der Waals surface area contributed by atoms with Gasteiger partial charge in [0, 0.05) is 31.2 Å². The number of nitrogens with zero attached hydrogens (tertiary/aromatic N) is 1. The molecule has 3 rings (SSSR count).